The summed E-state index contributed by atoms with van der Waals surface area (Å²) in [5.41, 5.74) is 3.80. The third kappa shape index (κ3) is 6.35. The van der Waals surface area contributed by atoms with Gasteiger partial charge in [0.15, 0.2) is 0 Å². The molecule has 0 aliphatic heterocycles. The first-order chi connectivity index (χ1) is 15.5. The minimum Gasteiger partial charge on any atom is -0.353 e. The summed E-state index contributed by atoms with van der Waals surface area (Å²) in [4.78, 5) is 29.5. The number of anilines is 1. The molecule has 3 amide bonds. The van der Waals surface area contributed by atoms with E-state index in [1.54, 1.807) is 11.0 Å². The van der Waals surface area contributed by atoms with Gasteiger partial charge < -0.3 is 19.7 Å². The Labute approximate surface area is 189 Å². The van der Waals surface area contributed by atoms with Crippen molar-refractivity contribution in [1.82, 2.24) is 14.4 Å². The highest BCUT2D eigenvalue weighted by Gasteiger charge is 2.22. The average molecular weight is 431 g/mol. The fraction of sp³-hybridized carbons (Fsp3) is 0.231. The number of amides is 3. The van der Waals surface area contributed by atoms with Gasteiger partial charge in [0.2, 0.25) is 5.91 Å². The summed E-state index contributed by atoms with van der Waals surface area (Å²) in [6, 6.07) is 21.1. The van der Waals surface area contributed by atoms with Crippen LogP contribution in [-0.4, -0.2) is 39.4 Å². The maximum atomic E-state index is 13.3. The third-order valence-corrected chi connectivity index (χ3v) is 5.21. The fourth-order valence-corrected chi connectivity index (χ4v) is 3.46. The summed E-state index contributed by atoms with van der Waals surface area (Å²) in [6.45, 7) is 6.86. The number of hydrogen-bond donors (Lipinski definition) is 1. The molecule has 0 unspecified atom stereocenters. The van der Waals surface area contributed by atoms with E-state index in [2.05, 4.69) is 11.9 Å². The minimum atomic E-state index is -0.331. The fourth-order valence-electron chi connectivity index (χ4n) is 3.46. The second-order valence-corrected chi connectivity index (χ2v) is 7.81. The summed E-state index contributed by atoms with van der Waals surface area (Å²) in [6.07, 6.45) is 3.58. The van der Waals surface area contributed by atoms with Crippen molar-refractivity contribution in [1.29, 1.82) is 0 Å². The molecule has 1 N–H and O–H groups in total. The predicted octanol–water partition coefficient (Wildman–Crippen LogP) is 4.58. The maximum absolute atomic E-state index is 13.3. The van der Waals surface area contributed by atoms with Crippen molar-refractivity contribution in [3.63, 3.8) is 0 Å². The molecule has 166 valence electrons. The van der Waals surface area contributed by atoms with E-state index in [1.807, 2.05) is 91.5 Å². The molecule has 0 spiro atoms. The SMILES string of the molecule is C=CCN(CC(=O)N(Cc1ccccc1)Cc1cccn1C)C(=O)Nc1cccc(C)c1. The van der Waals surface area contributed by atoms with Gasteiger partial charge in [0.25, 0.3) is 0 Å². The molecular formula is C26H30N4O2. The molecule has 0 aliphatic rings. The van der Waals surface area contributed by atoms with Gasteiger partial charge in [-0.05, 0) is 42.3 Å². The second kappa shape index (κ2) is 11.0. The molecule has 3 aromatic rings. The number of hydrogen-bond acceptors (Lipinski definition) is 2. The topological polar surface area (TPSA) is 57.6 Å². The number of aromatic nitrogens is 1. The highest BCUT2D eigenvalue weighted by molar-refractivity contribution is 5.92. The Hall–Kier alpha value is -3.80. The van der Waals surface area contributed by atoms with Gasteiger partial charge in [-0.25, -0.2) is 4.79 Å². The van der Waals surface area contributed by atoms with Crippen LogP contribution in [0.25, 0.3) is 0 Å². The average Bonchev–Trinajstić information content (AvgIpc) is 3.18. The summed E-state index contributed by atoms with van der Waals surface area (Å²) < 4.78 is 2.00. The normalized spacial score (nSPS) is 10.4. The van der Waals surface area contributed by atoms with Crippen LogP contribution in [0.3, 0.4) is 0 Å². The van der Waals surface area contributed by atoms with Crippen LogP contribution < -0.4 is 5.32 Å². The molecule has 0 aliphatic carbocycles. The number of nitrogens with zero attached hydrogens (tertiary/aromatic N) is 3. The van der Waals surface area contributed by atoms with Crippen LogP contribution in [0.2, 0.25) is 0 Å². The summed E-state index contributed by atoms with van der Waals surface area (Å²) in [7, 11) is 1.96. The van der Waals surface area contributed by atoms with Crippen LogP contribution in [-0.2, 0) is 24.9 Å². The van der Waals surface area contributed by atoms with Gasteiger partial charge in [0.1, 0.15) is 6.54 Å². The largest absolute Gasteiger partial charge is 0.353 e. The van der Waals surface area contributed by atoms with E-state index in [0.29, 0.717) is 18.8 Å². The first-order valence-corrected chi connectivity index (χ1v) is 10.6. The maximum Gasteiger partial charge on any atom is 0.322 e. The molecule has 0 fully saturated rings. The van der Waals surface area contributed by atoms with Crippen LogP contribution in [0.1, 0.15) is 16.8 Å². The summed E-state index contributed by atoms with van der Waals surface area (Å²) in [5, 5.41) is 2.88. The lowest BCUT2D eigenvalue weighted by Crippen LogP contribution is -2.44. The van der Waals surface area contributed by atoms with Crippen molar-refractivity contribution >= 4 is 17.6 Å². The number of carbonyl (C=O) groups excluding carboxylic acids is 2. The first-order valence-electron chi connectivity index (χ1n) is 10.6. The molecule has 2 aromatic carbocycles. The quantitative estimate of drug-likeness (QED) is 0.505. The van der Waals surface area contributed by atoms with Crippen LogP contribution in [0.4, 0.5) is 10.5 Å². The molecule has 0 saturated carbocycles. The van der Waals surface area contributed by atoms with E-state index in [1.165, 1.54) is 4.90 Å². The highest BCUT2D eigenvalue weighted by atomic mass is 16.2. The van der Waals surface area contributed by atoms with E-state index in [4.69, 9.17) is 0 Å². The van der Waals surface area contributed by atoms with Crippen molar-refractivity contribution in [3.8, 4) is 0 Å². The molecule has 0 saturated heterocycles. The molecule has 0 atom stereocenters. The van der Waals surface area contributed by atoms with Gasteiger partial charge in [0, 0.05) is 37.7 Å². The van der Waals surface area contributed by atoms with Crippen LogP contribution in [0.15, 0.2) is 85.6 Å². The Bertz CT molecular complexity index is 1060. The first kappa shape index (κ1) is 22.9. The summed E-state index contributed by atoms with van der Waals surface area (Å²) in [5.74, 6) is -0.128. The van der Waals surface area contributed by atoms with Gasteiger partial charge in [-0.15, -0.1) is 6.58 Å². The van der Waals surface area contributed by atoms with Gasteiger partial charge in [0.05, 0.1) is 6.54 Å². The minimum absolute atomic E-state index is 0.0407. The van der Waals surface area contributed by atoms with Crippen molar-refractivity contribution in [2.24, 2.45) is 7.05 Å². The Balaban J connectivity index is 1.75. The number of urea groups is 1. The molecular weight excluding hydrogens is 400 g/mol. The van der Waals surface area contributed by atoms with Crippen molar-refractivity contribution < 1.29 is 9.59 Å². The van der Waals surface area contributed by atoms with Gasteiger partial charge in [-0.3, -0.25) is 4.79 Å². The lowest BCUT2D eigenvalue weighted by atomic mass is 10.2. The Morgan fingerprint density at radius 1 is 1.00 bits per heavy atom. The summed E-state index contributed by atoms with van der Waals surface area (Å²) >= 11 is 0. The Morgan fingerprint density at radius 2 is 1.78 bits per heavy atom. The number of aryl methyl sites for hydroxylation is 2. The number of benzene rings is 2. The van der Waals surface area contributed by atoms with Crippen LogP contribution >= 0.6 is 0 Å². The van der Waals surface area contributed by atoms with Crippen molar-refractivity contribution in [2.75, 3.05) is 18.4 Å². The monoisotopic (exact) mass is 430 g/mol. The van der Waals surface area contributed by atoms with Crippen molar-refractivity contribution in [2.45, 2.75) is 20.0 Å². The van der Waals surface area contributed by atoms with E-state index in [-0.39, 0.29) is 25.0 Å². The van der Waals surface area contributed by atoms with E-state index < -0.39 is 0 Å². The molecule has 6 nitrogen and oxygen atoms in total. The van der Waals surface area contributed by atoms with Gasteiger partial charge >= 0.3 is 6.03 Å². The lowest BCUT2D eigenvalue weighted by molar-refractivity contribution is -0.133. The Kier molecular flexibility index (Phi) is 7.86. The number of nitrogens with one attached hydrogen (secondary N) is 1. The standard InChI is InChI=1S/C26H30N4O2/c1-4-15-29(26(32)27-23-13-8-10-21(2)17-23)20-25(31)30(18-22-11-6-5-7-12-22)19-24-14-9-16-28(24)3/h4-14,16-17H,1,15,18-20H2,2-3H3,(H,27,32). The highest BCUT2D eigenvalue weighted by Crippen LogP contribution is 2.13. The molecule has 1 aromatic heterocycles. The van der Waals surface area contributed by atoms with E-state index in [9.17, 15) is 9.59 Å². The lowest BCUT2D eigenvalue weighted by Gasteiger charge is -2.27. The van der Waals surface area contributed by atoms with Crippen LogP contribution in [0, 0.1) is 6.92 Å². The predicted molar refractivity (Wildman–Crippen MR) is 128 cm³/mol. The molecule has 3 rings (SSSR count). The van der Waals surface area contributed by atoms with Gasteiger partial charge in [-0.2, -0.15) is 0 Å². The van der Waals surface area contributed by atoms with E-state index in [0.717, 1.165) is 16.8 Å². The molecule has 1 heterocycles. The number of carbonyl (C=O) groups is 2. The molecule has 0 bridgehead atoms. The molecule has 0 radical (unpaired) electrons. The third-order valence-electron chi connectivity index (χ3n) is 5.21. The zero-order valence-electron chi connectivity index (χ0n) is 18.7. The van der Waals surface area contributed by atoms with Crippen LogP contribution in [0.5, 0.6) is 0 Å². The number of rotatable bonds is 9. The molecule has 6 heteroatoms. The van der Waals surface area contributed by atoms with Gasteiger partial charge in [-0.1, -0.05) is 48.5 Å². The second-order valence-electron chi connectivity index (χ2n) is 7.81. The van der Waals surface area contributed by atoms with E-state index >= 15 is 0 Å². The smallest absolute Gasteiger partial charge is 0.322 e. The Morgan fingerprint density at radius 3 is 2.44 bits per heavy atom. The molecule has 32 heavy (non-hydrogen) atoms. The van der Waals surface area contributed by atoms with Crippen molar-refractivity contribution in [3.05, 3.63) is 102 Å². The zero-order valence-corrected chi connectivity index (χ0v) is 18.7. The zero-order chi connectivity index (χ0) is 22.9.